The van der Waals surface area contributed by atoms with Crippen LogP contribution >= 0.6 is 0 Å². The highest BCUT2D eigenvalue weighted by Gasteiger charge is 2.59. The highest BCUT2D eigenvalue weighted by molar-refractivity contribution is 5.73. The third-order valence-corrected chi connectivity index (χ3v) is 18.1. The molecule has 8 saturated heterocycles. The Bertz CT molecular complexity index is 2430. The van der Waals surface area contributed by atoms with Crippen molar-refractivity contribution in [3.8, 4) is 0 Å². The van der Waals surface area contributed by atoms with Crippen molar-refractivity contribution < 1.29 is 198 Å². The van der Waals surface area contributed by atoms with E-state index < -0.39 is 310 Å². The number of aliphatic hydroxyl groups is 23. The lowest BCUT2D eigenvalue weighted by atomic mass is 9.87. The lowest BCUT2D eigenvalue weighted by Gasteiger charge is -2.51. The smallest absolute Gasteiger partial charge is 0.217 e. The first-order chi connectivity index (χ1) is 45.9. The fraction of sp³-hybridized carbons (Fsp3) is 0.964. The highest BCUT2D eigenvalue weighted by Crippen LogP contribution is 2.39. The van der Waals surface area contributed by atoms with Crippen molar-refractivity contribution in [2.24, 2.45) is 5.92 Å². The van der Waals surface area contributed by atoms with Crippen LogP contribution in [0.5, 0.6) is 0 Å². The monoisotopic (exact) mass is 1420 g/mol. The molecule has 8 heterocycles. The maximum Gasteiger partial charge on any atom is 0.217 e. The standard InChI is InChI=1S/C55H94N2O40/c1-13(2)43-24(56-14(3)64)32(72)44(20(9-62)85-43)93-49-25(57-15(4)65)33(73)45(21(10-63)90-49)94-54-42(82)47(96-55-48(37(77)29(69)19(8-61)89-55)97-53-40(80)36(76)28(68)18(7-60)88-53)31(71)23(92-54)12-84-51-41(81)46(95-52-39(79)35(75)27(67)17(6-59)87-52)30(70)22(91-51)11-83-50-38(78)34(74)26(66)16(5-58)86-50/h13,16-55,58-63,66-82H,5-12H2,1-4H3,(H,56,64)(H,57,65)/t16?,17-,18-,19-,20?,21?,22?,23?,24-,25-,26+,27+,28+,29+,30+,31+,32+,33+,34-,35-,36-,37-,38+,39?,40?,41+,42+,43?,44+,45+,46-,47-,48?,49?,50?,51?,52?,53?,54?,55?/m0/s1. The molecule has 8 aliphatic rings. The van der Waals surface area contributed by atoms with Gasteiger partial charge in [0.1, 0.15) is 189 Å². The Morgan fingerprint density at radius 3 is 1.04 bits per heavy atom. The van der Waals surface area contributed by atoms with Crippen molar-refractivity contribution in [2.45, 2.75) is 273 Å². The van der Waals surface area contributed by atoms with Crippen molar-refractivity contribution in [3.05, 3.63) is 0 Å². The van der Waals surface area contributed by atoms with Gasteiger partial charge in [-0.05, 0) is 5.92 Å². The van der Waals surface area contributed by atoms with Crippen molar-refractivity contribution in [1.82, 2.24) is 10.6 Å². The summed E-state index contributed by atoms with van der Waals surface area (Å²) in [4.78, 5) is 25.3. The molecule has 25 N–H and O–H groups in total. The summed E-state index contributed by atoms with van der Waals surface area (Å²) >= 11 is 0. The maximum absolute atomic E-state index is 12.9. The summed E-state index contributed by atoms with van der Waals surface area (Å²) in [5, 5.41) is 257. The van der Waals surface area contributed by atoms with E-state index in [4.69, 9.17) is 71.1 Å². The number of nitrogens with one attached hydrogen (secondary N) is 2. The van der Waals surface area contributed by atoms with Gasteiger partial charge in [0.2, 0.25) is 11.8 Å². The van der Waals surface area contributed by atoms with Crippen LogP contribution in [0, 0.1) is 5.92 Å². The van der Waals surface area contributed by atoms with E-state index in [1.165, 1.54) is 0 Å². The SMILES string of the molecule is CC(=O)N[C@@H]1C(O[C@@H]2C(CO)OC(C(C)C)[C@@H](NC(C)=O)[C@H]2O)OC(CO)[C@@H](OC2OC(COC3OC(COC4OC(CO)[C@@H](O)[C@H](O)[C@H]4O)[C@@H](O)[C@H](OC4O[C@@H](CO)[C@@H](O)[C@H](O)C4O)[C@H]3O)[C@@H](O)[C@H](OC3O[C@@H](CO)[C@@H](O)[C@H](O)C3OC3O[C@@H](CO)[C@@H](O)[C@H](O)C3O)[C@H]2O)[C@@H]1O. The van der Waals surface area contributed by atoms with Crippen LogP contribution in [-0.2, 0) is 80.6 Å². The zero-order valence-electron chi connectivity index (χ0n) is 52.6. The van der Waals surface area contributed by atoms with Crippen LogP contribution < -0.4 is 10.6 Å². The second-order valence-corrected chi connectivity index (χ2v) is 25.2. The molecule has 42 heteroatoms. The molecule has 0 bridgehead atoms. The van der Waals surface area contributed by atoms with Crippen LogP contribution in [0.15, 0.2) is 0 Å². The zero-order valence-corrected chi connectivity index (χ0v) is 52.6. The largest absolute Gasteiger partial charge is 0.394 e. The van der Waals surface area contributed by atoms with E-state index in [2.05, 4.69) is 10.6 Å². The number of amides is 2. The molecule has 8 fully saturated rings. The first-order valence-corrected chi connectivity index (χ1v) is 31.4. The summed E-state index contributed by atoms with van der Waals surface area (Å²) < 4.78 is 87.9. The summed E-state index contributed by atoms with van der Waals surface area (Å²) in [5.41, 5.74) is 0. The van der Waals surface area contributed by atoms with Crippen LogP contribution in [0.2, 0.25) is 0 Å². The van der Waals surface area contributed by atoms with Gasteiger partial charge in [0.25, 0.3) is 0 Å². The summed E-state index contributed by atoms with van der Waals surface area (Å²) in [5.74, 6) is -1.84. The summed E-state index contributed by atoms with van der Waals surface area (Å²) in [6.07, 6.45) is -75.7. The minimum Gasteiger partial charge on any atom is -0.394 e. The normalized spacial score (nSPS) is 50.1. The number of aliphatic hydroxyl groups excluding tert-OH is 23. The van der Waals surface area contributed by atoms with E-state index in [1.807, 2.05) is 0 Å². The lowest BCUT2D eigenvalue weighted by Crippen LogP contribution is -2.70. The first-order valence-electron chi connectivity index (χ1n) is 31.4. The number of ether oxygens (including phenoxy) is 15. The molecule has 8 rings (SSSR count). The van der Waals surface area contributed by atoms with Crippen molar-refractivity contribution >= 4 is 11.8 Å². The van der Waals surface area contributed by atoms with E-state index in [-0.39, 0.29) is 5.92 Å². The molecule has 0 aromatic rings. The quantitative estimate of drug-likeness (QED) is 0.0404. The minimum atomic E-state index is -2.47. The van der Waals surface area contributed by atoms with Crippen molar-refractivity contribution in [3.63, 3.8) is 0 Å². The second-order valence-electron chi connectivity index (χ2n) is 25.2. The molecule has 0 aliphatic carbocycles. The van der Waals surface area contributed by atoms with Gasteiger partial charge in [-0.2, -0.15) is 0 Å². The predicted octanol–water partition coefficient (Wildman–Crippen LogP) is -16.5. The van der Waals surface area contributed by atoms with Gasteiger partial charge in [-0.3, -0.25) is 9.59 Å². The lowest BCUT2D eigenvalue weighted by molar-refractivity contribution is -0.399. The zero-order chi connectivity index (χ0) is 71.5. The van der Waals surface area contributed by atoms with Crippen LogP contribution in [-0.4, -0.2) is 427 Å². The van der Waals surface area contributed by atoms with Crippen molar-refractivity contribution in [2.75, 3.05) is 52.9 Å². The van der Waals surface area contributed by atoms with Gasteiger partial charge in [0, 0.05) is 13.8 Å². The van der Waals surface area contributed by atoms with Gasteiger partial charge in [-0.1, -0.05) is 13.8 Å². The Balaban J connectivity index is 1.12. The topological polar surface area (TPSA) is 662 Å². The number of carbonyl (C=O) groups excluding carboxylic acids is 2. The van der Waals surface area contributed by atoms with E-state index in [9.17, 15) is 127 Å². The van der Waals surface area contributed by atoms with Gasteiger partial charge >= 0.3 is 0 Å². The Labute approximate surface area is 551 Å². The summed E-state index contributed by atoms with van der Waals surface area (Å²) in [7, 11) is 0. The summed E-state index contributed by atoms with van der Waals surface area (Å²) in [6.45, 7) is -2.42. The average molecular weight is 1420 g/mol. The fourth-order valence-electron chi connectivity index (χ4n) is 12.7. The number of hydrogen-bond donors (Lipinski definition) is 25. The van der Waals surface area contributed by atoms with E-state index in [0.29, 0.717) is 0 Å². The molecular weight excluding hydrogens is 1330 g/mol. The van der Waals surface area contributed by atoms with Gasteiger partial charge < -0.3 is 199 Å². The number of hydrogen-bond acceptors (Lipinski definition) is 40. The van der Waals surface area contributed by atoms with Gasteiger partial charge in [-0.15, -0.1) is 0 Å². The van der Waals surface area contributed by atoms with Gasteiger partial charge in [-0.25, -0.2) is 0 Å². The maximum atomic E-state index is 12.9. The molecule has 0 aromatic carbocycles. The molecule has 42 nitrogen and oxygen atoms in total. The average Bonchev–Trinajstić information content (AvgIpc) is 0.775. The third-order valence-electron chi connectivity index (χ3n) is 18.1. The molecule has 16 unspecified atom stereocenters. The molecule has 2 amide bonds. The Kier molecular flexibility index (Phi) is 28.7. The second kappa shape index (κ2) is 34.8. The first kappa shape index (κ1) is 80.1. The molecule has 0 saturated carbocycles. The van der Waals surface area contributed by atoms with E-state index in [0.717, 1.165) is 13.8 Å². The minimum absolute atomic E-state index is 0.374. The Morgan fingerprint density at radius 1 is 0.299 bits per heavy atom. The third kappa shape index (κ3) is 17.5. The molecule has 0 radical (unpaired) electrons. The molecule has 564 valence electrons. The summed E-state index contributed by atoms with van der Waals surface area (Å²) in [6, 6.07) is -3.00. The molecule has 8 aliphatic heterocycles. The molecule has 0 spiro atoms. The van der Waals surface area contributed by atoms with Crippen LogP contribution in [0.3, 0.4) is 0 Å². The number of rotatable bonds is 25. The highest BCUT2D eigenvalue weighted by atomic mass is 16.8. The van der Waals surface area contributed by atoms with Crippen LogP contribution in [0.25, 0.3) is 0 Å². The molecular formula is C55H94N2O40. The molecule has 40 atom stereocenters. The van der Waals surface area contributed by atoms with E-state index >= 15 is 0 Å². The molecule has 97 heavy (non-hydrogen) atoms. The molecule has 0 aromatic heterocycles. The van der Waals surface area contributed by atoms with Gasteiger partial charge in [0.15, 0.2) is 44.0 Å². The Hall–Kier alpha value is -2.58. The Morgan fingerprint density at radius 2 is 0.598 bits per heavy atom. The predicted molar refractivity (Wildman–Crippen MR) is 300 cm³/mol. The van der Waals surface area contributed by atoms with E-state index in [1.54, 1.807) is 13.8 Å². The van der Waals surface area contributed by atoms with Crippen LogP contribution in [0.4, 0.5) is 0 Å². The fourth-order valence-corrected chi connectivity index (χ4v) is 12.7. The van der Waals surface area contributed by atoms with Crippen LogP contribution in [0.1, 0.15) is 27.7 Å². The van der Waals surface area contributed by atoms with Gasteiger partial charge in [0.05, 0.1) is 65.0 Å². The van der Waals surface area contributed by atoms with Crippen molar-refractivity contribution in [1.29, 1.82) is 0 Å². The number of carbonyl (C=O) groups is 2.